The van der Waals surface area contributed by atoms with E-state index in [1.807, 2.05) is 13.0 Å². The summed E-state index contributed by atoms with van der Waals surface area (Å²) in [6.45, 7) is -0.952. The molecule has 0 aliphatic heterocycles. The number of benzene rings is 1. The van der Waals surface area contributed by atoms with Crippen LogP contribution in [0.3, 0.4) is 0 Å². The van der Waals surface area contributed by atoms with Crippen LogP contribution in [-0.4, -0.2) is 18.4 Å². The van der Waals surface area contributed by atoms with Gasteiger partial charge in [0.25, 0.3) is 0 Å². The number of hydrogen-bond donors (Lipinski definition) is 0. The molecule has 0 aliphatic rings. The summed E-state index contributed by atoms with van der Waals surface area (Å²) in [6, 6.07) is 9.42. The maximum absolute atomic E-state index is 12.0. The van der Waals surface area contributed by atoms with Crippen LogP contribution in [0.2, 0.25) is 0 Å². The zero-order valence-electron chi connectivity index (χ0n) is 13.0. The number of aryl methyl sites for hydroxylation is 1. The zero-order chi connectivity index (χ0) is 17.5. The van der Waals surface area contributed by atoms with Gasteiger partial charge >= 0.3 is 12.6 Å². The second-order valence-corrected chi connectivity index (χ2v) is 6.30. The van der Waals surface area contributed by atoms with Crippen molar-refractivity contribution in [3.05, 3.63) is 51.7 Å². The van der Waals surface area contributed by atoms with Crippen LogP contribution < -0.4 is 4.74 Å². The minimum atomic E-state index is -2.88. The lowest BCUT2D eigenvalue weighted by atomic mass is 10.2. The molecule has 1 heterocycles. The Bertz CT molecular complexity index is 695. The number of esters is 1. The number of ether oxygens (including phenoxy) is 2. The van der Waals surface area contributed by atoms with Crippen molar-refractivity contribution in [3.8, 4) is 5.75 Å². The van der Waals surface area contributed by atoms with Crippen LogP contribution in [-0.2, 0) is 16.1 Å². The fourth-order valence-corrected chi connectivity index (χ4v) is 2.76. The number of Topliss-reactive ketones (excluding diaryl/α,β-unsaturated/α-hetero) is 1. The van der Waals surface area contributed by atoms with Gasteiger partial charge < -0.3 is 9.47 Å². The van der Waals surface area contributed by atoms with Gasteiger partial charge in [-0.05, 0) is 36.8 Å². The van der Waals surface area contributed by atoms with Gasteiger partial charge in [-0.15, -0.1) is 11.3 Å². The molecule has 0 spiro atoms. The van der Waals surface area contributed by atoms with Gasteiger partial charge in [-0.3, -0.25) is 9.59 Å². The molecule has 0 amide bonds. The molecule has 7 heteroatoms. The Morgan fingerprint density at radius 1 is 1.08 bits per heavy atom. The van der Waals surface area contributed by atoms with E-state index in [9.17, 15) is 18.4 Å². The molecular weight excluding hydrogens is 338 g/mol. The van der Waals surface area contributed by atoms with Crippen molar-refractivity contribution in [1.82, 2.24) is 0 Å². The third-order valence-electron chi connectivity index (χ3n) is 3.12. The first kappa shape index (κ1) is 18.1. The fraction of sp³-hybridized carbons (Fsp3) is 0.294. The number of carbonyl (C=O) groups excluding carboxylic acids is 2. The molecule has 0 fully saturated rings. The van der Waals surface area contributed by atoms with E-state index in [1.54, 1.807) is 6.07 Å². The third kappa shape index (κ3) is 5.73. The van der Waals surface area contributed by atoms with Crippen molar-refractivity contribution >= 4 is 23.1 Å². The number of rotatable bonds is 8. The fourth-order valence-electron chi connectivity index (χ4n) is 1.93. The molecule has 1 aromatic heterocycles. The molecule has 0 aliphatic carbocycles. The number of carbonyl (C=O) groups is 2. The van der Waals surface area contributed by atoms with Gasteiger partial charge in [0.2, 0.25) is 0 Å². The van der Waals surface area contributed by atoms with Crippen LogP contribution in [0.15, 0.2) is 36.4 Å². The lowest BCUT2D eigenvalue weighted by Gasteiger charge is -2.07. The summed E-state index contributed by atoms with van der Waals surface area (Å²) >= 11 is 1.40. The molecule has 0 atom stereocenters. The quantitative estimate of drug-likeness (QED) is 0.522. The van der Waals surface area contributed by atoms with Crippen molar-refractivity contribution in [2.45, 2.75) is 33.0 Å². The summed E-state index contributed by atoms with van der Waals surface area (Å²) < 4.78 is 33.4. The normalized spacial score (nSPS) is 10.7. The van der Waals surface area contributed by atoms with Crippen LogP contribution in [0.4, 0.5) is 8.78 Å². The predicted molar refractivity (Wildman–Crippen MR) is 85.5 cm³/mol. The molecule has 2 aromatic rings. The molecule has 2 rings (SSSR count). The Labute approximate surface area is 142 Å². The highest BCUT2D eigenvalue weighted by Gasteiger charge is 2.12. The molecule has 1 aromatic carbocycles. The summed E-state index contributed by atoms with van der Waals surface area (Å²) in [6.07, 6.45) is 0.0995. The van der Waals surface area contributed by atoms with E-state index < -0.39 is 12.6 Å². The molecule has 0 radical (unpaired) electrons. The van der Waals surface area contributed by atoms with Gasteiger partial charge in [-0.25, -0.2) is 0 Å². The first-order valence-corrected chi connectivity index (χ1v) is 8.04. The van der Waals surface area contributed by atoms with E-state index in [0.29, 0.717) is 10.4 Å². The van der Waals surface area contributed by atoms with Gasteiger partial charge in [0, 0.05) is 11.3 Å². The lowest BCUT2D eigenvalue weighted by molar-refractivity contribution is -0.144. The number of alkyl halides is 2. The summed E-state index contributed by atoms with van der Waals surface area (Å²) in [4.78, 5) is 25.2. The average molecular weight is 354 g/mol. The Morgan fingerprint density at radius 3 is 2.38 bits per heavy atom. The SMILES string of the molecule is Cc1ccc(C(=O)CCC(=O)OCc2ccc(OC(F)F)cc2)s1. The largest absolute Gasteiger partial charge is 0.461 e. The van der Waals surface area contributed by atoms with Crippen LogP contribution in [0.25, 0.3) is 0 Å². The van der Waals surface area contributed by atoms with Crippen molar-refractivity contribution in [3.63, 3.8) is 0 Å². The maximum Gasteiger partial charge on any atom is 0.387 e. The zero-order valence-corrected chi connectivity index (χ0v) is 13.8. The number of ketones is 1. The molecule has 4 nitrogen and oxygen atoms in total. The van der Waals surface area contributed by atoms with Crippen molar-refractivity contribution in [1.29, 1.82) is 0 Å². The van der Waals surface area contributed by atoms with Gasteiger partial charge in [-0.1, -0.05) is 12.1 Å². The van der Waals surface area contributed by atoms with E-state index in [4.69, 9.17) is 4.74 Å². The number of thiophene rings is 1. The molecule has 0 saturated heterocycles. The summed E-state index contributed by atoms with van der Waals surface area (Å²) in [5.74, 6) is -0.528. The van der Waals surface area contributed by atoms with E-state index >= 15 is 0 Å². The van der Waals surface area contributed by atoms with E-state index in [2.05, 4.69) is 4.74 Å². The predicted octanol–water partition coefficient (Wildman–Crippen LogP) is 4.36. The lowest BCUT2D eigenvalue weighted by Crippen LogP contribution is -2.07. The first-order chi connectivity index (χ1) is 11.4. The monoisotopic (exact) mass is 354 g/mol. The van der Waals surface area contributed by atoms with Gasteiger partial charge in [0.05, 0.1) is 11.3 Å². The maximum atomic E-state index is 12.0. The second kappa shape index (κ2) is 8.54. The second-order valence-electron chi connectivity index (χ2n) is 5.02. The van der Waals surface area contributed by atoms with E-state index in [-0.39, 0.29) is 31.0 Å². The number of halogens is 2. The van der Waals surface area contributed by atoms with Crippen LogP contribution in [0.5, 0.6) is 5.75 Å². The summed E-state index contributed by atoms with van der Waals surface area (Å²) in [5, 5.41) is 0. The van der Waals surface area contributed by atoms with Crippen molar-refractivity contribution < 1.29 is 27.8 Å². The molecule has 0 N–H and O–H groups in total. The topological polar surface area (TPSA) is 52.6 Å². The van der Waals surface area contributed by atoms with Crippen molar-refractivity contribution in [2.24, 2.45) is 0 Å². The minimum Gasteiger partial charge on any atom is -0.461 e. The van der Waals surface area contributed by atoms with Gasteiger partial charge in [0.15, 0.2) is 5.78 Å². The highest BCUT2D eigenvalue weighted by Crippen LogP contribution is 2.18. The van der Waals surface area contributed by atoms with Crippen LogP contribution >= 0.6 is 11.3 Å². The molecule has 128 valence electrons. The van der Waals surface area contributed by atoms with Crippen LogP contribution in [0.1, 0.15) is 33.0 Å². The summed E-state index contributed by atoms with van der Waals surface area (Å²) in [5.41, 5.74) is 0.644. The minimum absolute atomic E-state index is 0.00234. The molecule has 0 bridgehead atoms. The van der Waals surface area contributed by atoms with E-state index in [1.165, 1.54) is 35.6 Å². The van der Waals surface area contributed by atoms with E-state index in [0.717, 1.165) is 4.88 Å². The number of hydrogen-bond acceptors (Lipinski definition) is 5. The van der Waals surface area contributed by atoms with Crippen molar-refractivity contribution in [2.75, 3.05) is 0 Å². The van der Waals surface area contributed by atoms with Gasteiger partial charge in [-0.2, -0.15) is 8.78 Å². The summed E-state index contributed by atoms with van der Waals surface area (Å²) in [7, 11) is 0. The molecule has 24 heavy (non-hydrogen) atoms. The van der Waals surface area contributed by atoms with Crippen LogP contribution in [0, 0.1) is 6.92 Å². The average Bonchev–Trinajstić information content (AvgIpc) is 2.98. The smallest absolute Gasteiger partial charge is 0.387 e. The third-order valence-corrected chi connectivity index (χ3v) is 4.16. The first-order valence-electron chi connectivity index (χ1n) is 7.23. The highest BCUT2D eigenvalue weighted by atomic mass is 32.1. The molecule has 0 saturated carbocycles. The Morgan fingerprint density at radius 2 is 1.79 bits per heavy atom. The Kier molecular flexibility index (Phi) is 6.43. The molecule has 0 unspecified atom stereocenters. The van der Waals surface area contributed by atoms with Gasteiger partial charge in [0.1, 0.15) is 12.4 Å². The standard InChI is InChI=1S/C17H16F2O4S/c1-11-2-8-15(24-11)14(20)7-9-16(21)22-10-12-3-5-13(6-4-12)23-17(18)19/h2-6,8,17H,7,9-10H2,1H3. The Hall–Kier alpha value is -2.28. The Balaban J connectivity index is 1.73. The molecular formula is C17H16F2O4S. The highest BCUT2D eigenvalue weighted by molar-refractivity contribution is 7.14.